The van der Waals surface area contributed by atoms with Crippen molar-refractivity contribution in [2.45, 2.75) is 12.8 Å². The van der Waals surface area contributed by atoms with E-state index in [9.17, 15) is 4.79 Å². The van der Waals surface area contributed by atoms with Crippen molar-refractivity contribution in [2.75, 3.05) is 18.4 Å². The zero-order valence-electron chi connectivity index (χ0n) is 11.4. The van der Waals surface area contributed by atoms with Crippen molar-refractivity contribution in [1.82, 2.24) is 14.9 Å². The zero-order valence-corrected chi connectivity index (χ0v) is 12.2. The summed E-state index contributed by atoms with van der Waals surface area (Å²) in [5.41, 5.74) is 1.26. The summed E-state index contributed by atoms with van der Waals surface area (Å²) >= 11 is 5.83. The summed E-state index contributed by atoms with van der Waals surface area (Å²) in [5, 5.41) is 3.79. The lowest BCUT2D eigenvalue weighted by Crippen LogP contribution is -2.28. The number of rotatable bonds is 3. The summed E-state index contributed by atoms with van der Waals surface area (Å²) in [6.45, 7) is 1.62. The Kier molecular flexibility index (Phi) is 4.01. The fraction of sp³-hybridized carbons (Fsp3) is 0.267. The number of halogens is 1. The van der Waals surface area contributed by atoms with Gasteiger partial charge in [-0.15, -0.1) is 0 Å². The molecule has 0 aliphatic carbocycles. The molecule has 1 aromatic carbocycles. The number of carbonyl (C=O) groups excluding carboxylic acids is 1. The molecule has 0 saturated carbocycles. The molecule has 1 aromatic heterocycles. The third-order valence-corrected chi connectivity index (χ3v) is 3.63. The van der Waals surface area contributed by atoms with E-state index >= 15 is 0 Å². The molecule has 1 N–H and O–H groups in total. The van der Waals surface area contributed by atoms with E-state index in [2.05, 4.69) is 15.3 Å². The molecule has 1 aliphatic heterocycles. The minimum atomic E-state index is -0.0435. The summed E-state index contributed by atoms with van der Waals surface area (Å²) in [4.78, 5) is 22.4. The van der Waals surface area contributed by atoms with Crippen molar-refractivity contribution < 1.29 is 4.79 Å². The predicted molar refractivity (Wildman–Crippen MR) is 81.9 cm³/mol. The van der Waals surface area contributed by atoms with Gasteiger partial charge >= 0.3 is 0 Å². The first-order valence-electron chi connectivity index (χ1n) is 6.86. The number of carbonyl (C=O) groups is 1. The molecule has 6 heteroatoms. The molecule has 0 atom stereocenters. The van der Waals surface area contributed by atoms with Crippen LogP contribution in [0.4, 0.5) is 11.5 Å². The van der Waals surface area contributed by atoms with Crippen LogP contribution in [0, 0.1) is 0 Å². The van der Waals surface area contributed by atoms with Crippen molar-refractivity contribution in [3.05, 3.63) is 47.4 Å². The van der Waals surface area contributed by atoms with E-state index < -0.39 is 0 Å². The second-order valence-electron chi connectivity index (χ2n) is 4.92. The average Bonchev–Trinajstić information content (AvgIpc) is 3.04. The number of nitrogens with one attached hydrogen (secondary N) is 1. The zero-order chi connectivity index (χ0) is 14.7. The fourth-order valence-electron chi connectivity index (χ4n) is 2.27. The standard InChI is InChI=1S/C15H15ClN4O/c16-11-3-5-12(6-4-11)19-14-10-17-13(9-18-14)15(21)20-7-1-2-8-20/h3-6,9-10H,1-2,7-8H2,(H,18,19). The molecule has 1 aliphatic rings. The van der Waals surface area contributed by atoms with Crippen LogP contribution in [0.1, 0.15) is 23.3 Å². The number of hydrogen-bond donors (Lipinski definition) is 1. The molecule has 3 rings (SSSR count). The minimum absolute atomic E-state index is 0.0435. The van der Waals surface area contributed by atoms with Crippen molar-refractivity contribution in [3.8, 4) is 0 Å². The number of aromatic nitrogens is 2. The van der Waals surface area contributed by atoms with Gasteiger partial charge in [0.15, 0.2) is 0 Å². The topological polar surface area (TPSA) is 58.1 Å². The van der Waals surface area contributed by atoms with E-state index in [-0.39, 0.29) is 5.91 Å². The first-order chi connectivity index (χ1) is 10.2. The Morgan fingerprint density at radius 3 is 2.43 bits per heavy atom. The SMILES string of the molecule is O=C(c1cnc(Nc2ccc(Cl)cc2)cn1)N1CCCC1. The van der Waals surface area contributed by atoms with Gasteiger partial charge in [0.05, 0.1) is 12.4 Å². The van der Waals surface area contributed by atoms with E-state index in [1.165, 1.54) is 6.20 Å². The van der Waals surface area contributed by atoms with E-state index in [0.717, 1.165) is 31.6 Å². The molecule has 0 unspecified atom stereocenters. The van der Waals surface area contributed by atoms with Crippen LogP contribution in [0.25, 0.3) is 0 Å². The molecule has 5 nitrogen and oxygen atoms in total. The molecule has 1 amide bonds. The quantitative estimate of drug-likeness (QED) is 0.946. The van der Waals surface area contributed by atoms with Crippen molar-refractivity contribution in [1.29, 1.82) is 0 Å². The van der Waals surface area contributed by atoms with Crippen LogP contribution in [0.5, 0.6) is 0 Å². The minimum Gasteiger partial charge on any atom is -0.339 e. The lowest BCUT2D eigenvalue weighted by molar-refractivity contribution is 0.0786. The van der Waals surface area contributed by atoms with Crippen molar-refractivity contribution in [3.63, 3.8) is 0 Å². The Morgan fingerprint density at radius 1 is 1.10 bits per heavy atom. The van der Waals surface area contributed by atoms with E-state index in [4.69, 9.17) is 11.6 Å². The van der Waals surface area contributed by atoms with Crippen LogP contribution in [-0.4, -0.2) is 33.9 Å². The van der Waals surface area contributed by atoms with E-state index in [1.54, 1.807) is 18.3 Å². The smallest absolute Gasteiger partial charge is 0.274 e. The normalized spacial score (nSPS) is 14.2. The predicted octanol–water partition coefficient (Wildman–Crippen LogP) is 3.11. The highest BCUT2D eigenvalue weighted by Crippen LogP contribution is 2.17. The van der Waals surface area contributed by atoms with Gasteiger partial charge in [-0.05, 0) is 37.1 Å². The highest BCUT2D eigenvalue weighted by molar-refractivity contribution is 6.30. The lowest BCUT2D eigenvalue weighted by Gasteiger charge is -2.14. The maximum absolute atomic E-state index is 12.1. The third-order valence-electron chi connectivity index (χ3n) is 3.38. The third kappa shape index (κ3) is 3.31. The van der Waals surface area contributed by atoms with Crippen molar-refractivity contribution in [2.24, 2.45) is 0 Å². The molecule has 21 heavy (non-hydrogen) atoms. The second-order valence-corrected chi connectivity index (χ2v) is 5.35. The number of amides is 1. The Bertz CT molecular complexity index is 621. The van der Waals surface area contributed by atoms with Crippen molar-refractivity contribution >= 4 is 29.0 Å². The first-order valence-corrected chi connectivity index (χ1v) is 7.24. The van der Waals surface area contributed by atoms with Crippen LogP contribution in [0.15, 0.2) is 36.7 Å². The number of hydrogen-bond acceptors (Lipinski definition) is 4. The largest absolute Gasteiger partial charge is 0.339 e. The number of benzene rings is 1. The van der Waals surface area contributed by atoms with E-state index in [0.29, 0.717) is 16.5 Å². The molecule has 0 radical (unpaired) electrons. The molecular weight excluding hydrogens is 288 g/mol. The van der Waals surface area contributed by atoms with Gasteiger partial charge in [0.2, 0.25) is 0 Å². The number of likely N-dealkylation sites (tertiary alicyclic amines) is 1. The molecular formula is C15H15ClN4O. The average molecular weight is 303 g/mol. The van der Waals surface area contributed by atoms with Gasteiger partial charge in [-0.1, -0.05) is 11.6 Å². The Balaban J connectivity index is 1.68. The summed E-state index contributed by atoms with van der Waals surface area (Å²) in [5.74, 6) is 0.549. The molecule has 2 heterocycles. The van der Waals surface area contributed by atoms with Crippen LogP contribution < -0.4 is 5.32 Å². The summed E-state index contributed by atoms with van der Waals surface area (Å²) < 4.78 is 0. The highest BCUT2D eigenvalue weighted by Gasteiger charge is 2.20. The van der Waals surface area contributed by atoms with E-state index in [1.807, 2.05) is 17.0 Å². The number of nitrogens with zero attached hydrogens (tertiary/aromatic N) is 3. The van der Waals surface area contributed by atoms with Crippen LogP contribution in [-0.2, 0) is 0 Å². The van der Waals surface area contributed by atoms with Gasteiger partial charge in [-0.25, -0.2) is 9.97 Å². The summed E-state index contributed by atoms with van der Waals surface area (Å²) in [6, 6.07) is 7.30. The fourth-order valence-corrected chi connectivity index (χ4v) is 2.39. The van der Waals surface area contributed by atoms with Crippen LogP contribution in [0.3, 0.4) is 0 Å². The highest BCUT2D eigenvalue weighted by atomic mass is 35.5. The van der Waals surface area contributed by atoms with Gasteiger partial charge in [-0.3, -0.25) is 4.79 Å². The summed E-state index contributed by atoms with van der Waals surface area (Å²) in [7, 11) is 0. The molecule has 1 fully saturated rings. The van der Waals surface area contributed by atoms with Gasteiger partial charge in [-0.2, -0.15) is 0 Å². The Labute approximate surface area is 128 Å². The first kappa shape index (κ1) is 13.8. The molecule has 108 valence electrons. The molecule has 2 aromatic rings. The van der Waals surface area contributed by atoms with Gasteiger partial charge in [0, 0.05) is 23.8 Å². The maximum Gasteiger partial charge on any atom is 0.274 e. The molecule has 1 saturated heterocycles. The molecule has 0 bridgehead atoms. The lowest BCUT2D eigenvalue weighted by atomic mass is 10.3. The second kappa shape index (κ2) is 6.10. The van der Waals surface area contributed by atoms with Crippen LogP contribution >= 0.6 is 11.6 Å². The van der Waals surface area contributed by atoms with Crippen LogP contribution in [0.2, 0.25) is 5.02 Å². The Morgan fingerprint density at radius 2 is 1.81 bits per heavy atom. The maximum atomic E-state index is 12.1. The summed E-state index contributed by atoms with van der Waals surface area (Å²) in [6.07, 6.45) is 5.21. The van der Waals surface area contributed by atoms with Gasteiger partial charge < -0.3 is 10.2 Å². The monoisotopic (exact) mass is 302 g/mol. The van der Waals surface area contributed by atoms with Gasteiger partial charge in [0.25, 0.3) is 5.91 Å². The Hall–Kier alpha value is -2.14. The van der Waals surface area contributed by atoms with Gasteiger partial charge in [0.1, 0.15) is 11.5 Å². The number of anilines is 2. The molecule has 0 spiro atoms.